The van der Waals surface area contributed by atoms with Crippen LogP contribution >= 0.6 is 0 Å². The molecular formula is C26H30N4O3S. The number of nitrogens with zero attached hydrogens (tertiary/aromatic N) is 4. The van der Waals surface area contributed by atoms with Crippen molar-refractivity contribution in [1.29, 1.82) is 0 Å². The van der Waals surface area contributed by atoms with E-state index in [0.717, 1.165) is 6.42 Å². The standard InChI is InChI=1S/C26H30N4O3S/c1-3-21-10-12-22(13-11-21)26(31)29-18-16-28(17-19-29)25-15-14-24(20-27-25)34(32,33)30(4-2)23-8-6-5-7-9-23/h5-15,20H,3-4,16-19H2,1-2H3. The maximum atomic E-state index is 13.2. The van der Waals surface area contributed by atoms with Gasteiger partial charge in [-0.1, -0.05) is 37.3 Å². The van der Waals surface area contributed by atoms with Crippen LogP contribution in [0.15, 0.2) is 77.8 Å². The van der Waals surface area contributed by atoms with Gasteiger partial charge in [0.15, 0.2) is 0 Å². The molecule has 178 valence electrons. The van der Waals surface area contributed by atoms with Crippen molar-refractivity contribution < 1.29 is 13.2 Å². The lowest BCUT2D eigenvalue weighted by Crippen LogP contribution is -2.49. The van der Waals surface area contributed by atoms with Crippen LogP contribution in [0.2, 0.25) is 0 Å². The molecule has 34 heavy (non-hydrogen) atoms. The smallest absolute Gasteiger partial charge is 0.265 e. The van der Waals surface area contributed by atoms with E-state index in [1.165, 1.54) is 16.1 Å². The van der Waals surface area contributed by atoms with Crippen molar-refractivity contribution >= 4 is 27.4 Å². The minimum atomic E-state index is -3.71. The Morgan fingerprint density at radius 2 is 1.59 bits per heavy atom. The van der Waals surface area contributed by atoms with E-state index in [1.54, 1.807) is 24.3 Å². The number of piperazine rings is 1. The molecule has 2 aromatic carbocycles. The third kappa shape index (κ3) is 4.92. The Balaban J connectivity index is 1.41. The normalized spacial score (nSPS) is 14.2. The minimum absolute atomic E-state index is 0.0391. The Labute approximate surface area is 201 Å². The summed E-state index contributed by atoms with van der Waals surface area (Å²) in [7, 11) is -3.71. The number of carbonyl (C=O) groups excluding carboxylic acids is 1. The molecular weight excluding hydrogens is 448 g/mol. The van der Waals surface area contributed by atoms with Crippen molar-refractivity contribution in [2.24, 2.45) is 0 Å². The monoisotopic (exact) mass is 478 g/mol. The second-order valence-corrected chi connectivity index (χ2v) is 10.0. The SMILES string of the molecule is CCc1ccc(C(=O)N2CCN(c3ccc(S(=O)(=O)N(CC)c4ccccc4)cn3)CC2)cc1. The van der Waals surface area contributed by atoms with Crippen LogP contribution in [-0.2, 0) is 16.4 Å². The maximum Gasteiger partial charge on any atom is 0.265 e. The lowest BCUT2D eigenvalue weighted by molar-refractivity contribution is 0.0746. The number of hydrogen-bond acceptors (Lipinski definition) is 5. The number of aryl methyl sites for hydroxylation is 1. The van der Waals surface area contributed by atoms with Gasteiger partial charge < -0.3 is 9.80 Å². The van der Waals surface area contributed by atoms with Crippen LogP contribution < -0.4 is 9.21 Å². The molecule has 1 aliphatic heterocycles. The minimum Gasteiger partial charge on any atom is -0.353 e. The van der Waals surface area contributed by atoms with Crippen LogP contribution in [-0.4, -0.2) is 56.9 Å². The van der Waals surface area contributed by atoms with Gasteiger partial charge in [-0.3, -0.25) is 9.10 Å². The first-order chi connectivity index (χ1) is 16.4. The molecule has 0 atom stereocenters. The molecule has 1 saturated heterocycles. The van der Waals surface area contributed by atoms with Gasteiger partial charge in [0, 0.05) is 44.5 Å². The molecule has 1 amide bonds. The highest BCUT2D eigenvalue weighted by molar-refractivity contribution is 7.92. The summed E-state index contributed by atoms with van der Waals surface area (Å²) in [6.07, 6.45) is 2.37. The van der Waals surface area contributed by atoms with Crippen LogP contribution in [0.5, 0.6) is 0 Å². The fourth-order valence-corrected chi connectivity index (χ4v) is 5.55. The average Bonchev–Trinajstić information content (AvgIpc) is 2.89. The highest BCUT2D eigenvalue weighted by atomic mass is 32.2. The average molecular weight is 479 g/mol. The Morgan fingerprint density at radius 3 is 2.15 bits per heavy atom. The molecule has 0 bridgehead atoms. The second-order valence-electron chi connectivity index (χ2n) is 8.19. The van der Waals surface area contributed by atoms with Crippen molar-refractivity contribution in [3.05, 3.63) is 84.1 Å². The molecule has 2 heterocycles. The van der Waals surface area contributed by atoms with Crippen LogP contribution in [0.1, 0.15) is 29.8 Å². The maximum absolute atomic E-state index is 13.2. The first-order valence-electron chi connectivity index (χ1n) is 11.6. The lowest BCUT2D eigenvalue weighted by Gasteiger charge is -2.35. The van der Waals surface area contributed by atoms with Gasteiger partial charge >= 0.3 is 0 Å². The van der Waals surface area contributed by atoms with E-state index < -0.39 is 10.0 Å². The summed E-state index contributed by atoms with van der Waals surface area (Å²) < 4.78 is 27.7. The largest absolute Gasteiger partial charge is 0.353 e. The van der Waals surface area contributed by atoms with Crippen molar-refractivity contribution in [1.82, 2.24) is 9.88 Å². The van der Waals surface area contributed by atoms with Crippen molar-refractivity contribution in [3.8, 4) is 0 Å². The molecule has 0 radical (unpaired) electrons. The predicted molar refractivity (Wildman–Crippen MR) is 135 cm³/mol. The molecule has 0 spiro atoms. The third-order valence-electron chi connectivity index (χ3n) is 6.14. The molecule has 1 fully saturated rings. The molecule has 4 rings (SSSR count). The number of amides is 1. The molecule has 1 aliphatic rings. The van der Waals surface area contributed by atoms with Crippen molar-refractivity contribution in [2.75, 3.05) is 41.9 Å². The van der Waals surface area contributed by atoms with Gasteiger partial charge in [0.1, 0.15) is 10.7 Å². The van der Waals surface area contributed by atoms with Crippen molar-refractivity contribution in [2.45, 2.75) is 25.2 Å². The first kappa shape index (κ1) is 23.8. The number of carbonyl (C=O) groups is 1. The van der Waals surface area contributed by atoms with E-state index in [-0.39, 0.29) is 10.8 Å². The van der Waals surface area contributed by atoms with Crippen LogP contribution in [0.25, 0.3) is 0 Å². The van der Waals surface area contributed by atoms with Gasteiger partial charge in [-0.15, -0.1) is 0 Å². The number of para-hydroxylation sites is 1. The molecule has 3 aromatic rings. The first-order valence-corrected chi connectivity index (χ1v) is 13.0. The molecule has 0 aliphatic carbocycles. The quantitative estimate of drug-likeness (QED) is 0.516. The van der Waals surface area contributed by atoms with Crippen molar-refractivity contribution in [3.63, 3.8) is 0 Å². The zero-order valence-corrected chi connectivity index (χ0v) is 20.4. The zero-order valence-electron chi connectivity index (χ0n) is 19.6. The summed E-state index contributed by atoms with van der Waals surface area (Å²) in [5.41, 5.74) is 2.54. The van der Waals surface area contributed by atoms with Gasteiger partial charge in [-0.05, 0) is 55.3 Å². The summed E-state index contributed by atoms with van der Waals surface area (Å²) in [6, 6.07) is 20.2. The van der Waals surface area contributed by atoms with Gasteiger partial charge in [0.25, 0.3) is 15.9 Å². The number of rotatable bonds is 7. The second kappa shape index (κ2) is 10.3. The molecule has 0 N–H and O–H groups in total. The number of benzene rings is 2. The highest BCUT2D eigenvalue weighted by Crippen LogP contribution is 2.24. The fraction of sp³-hybridized carbons (Fsp3) is 0.308. The van der Waals surface area contributed by atoms with Gasteiger partial charge in [-0.25, -0.2) is 13.4 Å². The molecule has 1 aromatic heterocycles. The Bertz CT molecular complexity index is 1210. The number of hydrogen-bond donors (Lipinski definition) is 0. The number of anilines is 2. The summed E-state index contributed by atoms with van der Waals surface area (Å²) in [6.45, 7) is 6.69. The van der Waals surface area contributed by atoms with E-state index in [9.17, 15) is 13.2 Å². The molecule has 0 unspecified atom stereocenters. The predicted octanol–water partition coefficient (Wildman–Crippen LogP) is 3.82. The topological polar surface area (TPSA) is 73.8 Å². The molecule has 7 nitrogen and oxygen atoms in total. The Morgan fingerprint density at radius 1 is 0.912 bits per heavy atom. The van der Waals surface area contributed by atoms with E-state index in [1.807, 2.05) is 54.3 Å². The summed E-state index contributed by atoms with van der Waals surface area (Å²) >= 11 is 0. The van der Waals surface area contributed by atoms with Crippen LogP contribution in [0.3, 0.4) is 0 Å². The summed E-state index contributed by atoms with van der Waals surface area (Å²) in [4.78, 5) is 21.4. The Kier molecular flexibility index (Phi) is 7.17. The van der Waals surface area contributed by atoms with E-state index in [2.05, 4.69) is 16.8 Å². The summed E-state index contributed by atoms with van der Waals surface area (Å²) in [5, 5.41) is 0. The van der Waals surface area contributed by atoms with Gasteiger partial charge in [0.2, 0.25) is 0 Å². The Hall–Kier alpha value is -3.39. The van der Waals surface area contributed by atoms with E-state index in [0.29, 0.717) is 49.8 Å². The van der Waals surface area contributed by atoms with E-state index in [4.69, 9.17) is 0 Å². The number of sulfonamides is 1. The van der Waals surface area contributed by atoms with E-state index >= 15 is 0 Å². The third-order valence-corrected chi connectivity index (χ3v) is 8.03. The number of aromatic nitrogens is 1. The molecule has 8 heteroatoms. The number of pyridine rings is 1. The highest BCUT2D eigenvalue weighted by Gasteiger charge is 2.26. The lowest BCUT2D eigenvalue weighted by atomic mass is 10.1. The van der Waals surface area contributed by atoms with Gasteiger partial charge in [0.05, 0.1) is 5.69 Å². The van der Waals surface area contributed by atoms with Gasteiger partial charge in [-0.2, -0.15) is 0 Å². The molecule has 0 saturated carbocycles. The zero-order chi connectivity index (χ0) is 24.1. The van der Waals surface area contributed by atoms with Crippen LogP contribution in [0, 0.1) is 0 Å². The fourth-order valence-electron chi connectivity index (χ4n) is 4.13. The summed E-state index contributed by atoms with van der Waals surface area (Å²) in [5.74, 6) is 0.748. The van der Waals surface area contributed by atoms with Crippen LogP contribution in [0.4, 0.5) is 11.5 Å².